The molecule has 4 aromatic rings. The van der Waals surface area contributed by atoms with Gasteiger partial charge in [0.2, 0.25) is 5.95 Å². The van der Waals surface area contributed by atoms with E-state index in [9.17, 15) is 0 Å². The second-order valence-electron chi connectivity index (χ2n) is 5.52. The van der Waals surface area contributed by atoms with Crippen LogP contribution in [0.5, 0.6) is 0 Å². The third-order valence-corrected chi connectivity index (χ3v) is 4.89. The van der Waals surface area contributed by atoms with Crippen LogP contribution in [0, 0.1) is 0 Å². The van der Waals surface area contributed by atoms with Crippen LogP contribution >= 0.6 is 23.2 Å². The zero-order valence-corrected chi connectivity index (χ0v) is 14.0. The summed E-state index contributed by atoms with van der Waals surface area (Å²) >= 11 is 12.4. The second kappa shape index (κ2) is 5.54. The van der Waals surface area contributed by atoms with Gasteiger partial charge >= 0.3 is 0 Å². The fraction of sp³-hybridized carbons (Fsp3) is 0.0588. The average Bonchev–Trinajstić information content (AvgIpc) is 2.94. The van der Waals surface area contributed by atoms with Gasteiger partial charge in [0.1, 0.15) is 5.82 Å². The van der Waals surface area contributed by atoms with Crippen LogP contribution in [-0.2, 0) is 6.54 Å². The molecule has 0 radical (unpaired) electrons. The molecule has 5 nitrogen and oxygen atoms in total. The molecule has 0 bridgehead atoms. The van der Waals surface area contributed by atoms with E-state index in [1.165, 1.54) is 0 Å². The molecule has 0 fully saturated rings. The van der Waals surface area contributed by atoms with Crippen molar-refractivity contribution in [2.24, 2.45) is 0 Å². The lowest BCUT2D eigenvalue weighted by molar-refractivity contribution is 0.837. The highest BCUT2D eigenvalue weighted by atomic mass is 35.5. The number of rotatable bonds is 2. The maximum atomic E-state index is 6.30. The van der Waals surface area contributed by atoms with Gasteiger partial charge in [-0.25, -0.2) is 4.98 Å². The highest BCUT2D eigenvalue weighted by Crippen LogP contribution is 2.31. The molecule has 24 heavy (non-hydrogen) atoms. The van der Waals surface area contributed by atoms with E-state index in [2.05, 4.69) is 14.5 Å². The van der Waals surface area contributed by atoms with E-state index in [-0.39, 0.29) is 5.95 Å². The molecular weight excluding hydrogens is 345 g/mol. The maximum Gasteiger partial charge on any atom is 0.222 e. The van der Waals surface area contributed by atoms with Crippen molar-refractivity contribution in [2.45, 2.75) is 6.54 Å². The van der Waals surface area contributed by atoms with Crippen molar-refractivity contribution in [3.05, 3.63) is 58.2 Å². The summed E-state index contributed by atoms with van der Waals surface area (Å²) in [6, 6.07) is 11.5. The molecule has 120 valence electrons. The quantitative estimate of drug-likeness (QED) is 0.565. The van der Waals surface area contributed by atoms with Crippen molar-refractivity contribution >= 4 is 56.8 Å². The Kier molecular flexibility index (Phi) is 3.48. The highest BCUT2D eigenvalue weighted by molar-refractivity contribution is 6.42. The van der Waals surface area contributed by atoms with Crippen LogP contribution in [0.4, 0.5) is 11.8 Å². The Morgan fingerprint density at radius 1 is 1.00 bits per heavy atom. The van der Waals surface area contributed by atoms with Crippen molar-refractivity contribution in [3.63, 3.8) is 0 Å². The van der Waals surface area contributed by atoms with Gasteiger partial charge in [-0.3, -0.25) is 0 Å². The first-order chi connectivity index (χ1) is 11.5. The minimum atomic E-state index is 0.171. The first-order valence-electron chi connectivity index (χ1n) is 7.28. The molecule has 0 spiro atoms. The molecule has 0 atom stereocenters. The van der Waals surface area contributed by atoms with E-state index in [4.69, 9.17) is 34.7 Å². The summed E-state index contributed by atoms with van der Waals surface area (Å²) in [5.74, 6) is 0.547. The molecule has 2 heterocycles. The fourth-order valence-corrected chi connectivity index (χ4v) is 3.32. The number of nitrogens with zero attached hydrogens (tertiary/aromatic N) is 3. The first-order valence-corrected chi connectivity index (χ1v) is 8.03. The zero-order valence-electron chi connectivity index (χ0n) is 12.5. The molecule has 0 unspecified atom stereocenters. The molecule has 0 saturated carbocycles. The first kappa shape index (κ1) is 15.1. The van der Waals surface area contributed by atoms with Crippen LogP contribution in [0.2, 0.25) is 10.0 Å². The predicted molar refractivity (Wildman–Crippen MR) is 99.4 cm³/mol. The number of aromatic nitrogens is 3. The molecule has 0 amide bonds. The van der Waals surface area contributed by atoms with Crippen LogP contribution in [0.3, 0.4) is 0 Å². The molecule has 2 aromatic carbocycles. The van der Waals surface area contributed by atoms with Gasteiger partial charge in [-0.15, -0.1) is 0 Å². The molecule has 0 aliphatic heterocycles. The Morgan fingerprint density at radius 2 is 1.83 bits per heavy atom. The average molecular weight is 358 g/mol. The number of hydrogen-bond acceptors (Lipinski definition) is 4. The lowest BCUT2D eigenvalue weighted by atomic mass is 10.1. The van der Waals surface area contributed by atoms with E-state index in [1.54, 1.807) is 6.07 Å². The van der Waals surface area contributed by atoms with Crippen molar-refractivity contribution < 1.29 is 0 Å². The van der Waals surface area contributed by atoms with Crippen LogP contribution in [0.15, 0.2) is 42.6 Å². The van der Waals surface area contributed by atoms with Gasteiger partial charge in [-0.1, -0.05) is 35.3 Å². The Morgan fingerprint density at radius 3 is 2.67 bits per heavy atom. The van der Waals surface area contributed by atoms with Crippen LogP contribution in [-0.4, -0.2) is 14.5 Å². The molecule has 0 aliphatic rings. The van der Waals surface area contributed by atoms with E-state index in [1.807, 2.05) is 36.5 Å². The molecule has 0 saturated heterocycles. The van der Waals surface area contributed by atoms with Crippen molar-refractivity contribution in [3.8, 4) is 0 Å². The minimum absolute atomic E-state index is 0.171. The lowest BCUT2D eigenvalue weighted by Gasteiger charge is -2.10. The van der Waals surface area contributed by atoms with Gasteiger partial charge in [-0.05, 0) is 29.8 Å². The Bertz CT molecular complexity index is 1090. The fourth-order valence-electron chi connectivity index (χ4n) is 2.94. The lowest BCUT2D eigenvalue weighted by Crippen LogP contribution is -2.01. The summed E-state index contributed by atoms with van der Waals surface area (Å²) in [6.45, 7) is 0.601. The molecular formula is C17H13Cl2N5. The largest absolute Gasteiger partial charge is 0.383 e. The molecule has 2 aromatic heterocycles. The number of halogens is 2. The highest BCUT2D eigenvalue weighted by Gasteiger charge is 2.12. The van der Waals surface area contributed by atoms with Crippen LogP contribution in [0.25, 0.3) is 21.8 Å². The SMILES string of the molecule is Nc1nc(N)c2c(ccc3c2ccn3Cc2cccc(Cl)c2Cl)n1. The van der Waals surface area contributed by atoms with Crippen molar-refractivity contribution in [2.75, 3.05) is 11.5 Å². The summed E-state index contributed by atoms with van der Waals surface area (Å²) in [6.07, 6.45) is 1.98. The van der Waals surface area contributed by atoms with E-state index < -0.39 is 0 Å². The molecule has 4 rings (SSSR count). The Balaban J connectivity index is 1.89. The van der Waals surface area contributed by atoms with Crippen LogP contribution in [0.1, 0.15) is 5.56 Å². The predicted octanol–water partition coefficient (Wildman–Crippen LogP) is 4.10. The summed E-state index contributed by atoms with van der Waals surface area (Å²) in [7, 11) is 0. The summed E-state index contributed by atoms with van der Waals surface area (Å²) in [5.41, 5.74) is 14.4. The second-order valence-corrected chi connectivity index (χ2v) is 6.30. The van der Waals surface area contributed by atoms with Crippen LogP contribution < -0.4 is 11.5 Å². The van der Waals surface area contributed by atoms with Gasteiger partial charge in [0.15, 0.2) is 0 Å². The monoisotopic (exact) mass is 357 g/mol. The Hall–Kier alpha value is -2.50. The van der Waals surface area contributed by atoms with Gasteiger partial charge in [0, 0.05) is 23.6 Å². The van der Waals surface area contributed by atoms with Gasteiger partial charge in [-0.2, -0.15) is 4.98 Å². The molecule has 0 aliphatic carbocycles. The van der Waals surface area contributed by atoms with E-state index >= 15 is 0 Å². The molecule has 4 N–H and O–H groups in total. The number of nitrogen functional groups attached to an aromatic ring is 2. The number of anilines is 2. The summed E-state index contributed by atoms with van der Waals surface area (Å²) in [4.78, 5) is 8.31. The Labute approximate surface area is 147 Å². The van der Waals surface area contributed by atoms with Gasteiger partial charge in [0.25, 0.3) is 0 Å². The number of hydrogen-bond donors (Lipinski definition) is 2. The van der Waals surface area contributed by atoms with E-state index in [0.29, 0.717) is 22.4 Å². The third kappa shape index (κ3) is 2.33. The van der Waals surface area contributed by atoms with E-state index in [0.717, 1.165) is 27.4 Å². The third-order valence-electron chi connectivity index (χ3n) is 4.03. The number of fused-ring (bicyclic) bond motifs is 3. The summed E-state index contributed by atoms with van der Waals surface area (Å²) in [5, 5.41) is 2.89. The minimum Gasteiger partial charge on any atom is -0.383 e. The van der Waals surface area contributed by atoms with Gasteiger partial charge < -0.3 is 16.0 Å². The molecule has 7 heteroatoms. The normalized spacial score (nSPS) is 11.4. The number of nitrogens with two attached hydrogens (primary N) is 2. The zero-order chi connectivity index (χ0) is 16.8. The maximum absolute atomic E-state index is 6.30. The number of benzene rings is 2. The topological polar surface area (TPSA) is 82.7 Å². The van der Waals surface area contributed by atoms with Crippen molar-refractivity contribution in [1.29, 1.82) is 0 Å². The standard InChI is InChI=1S/C17H13Cl2N5/c18-11-3-1-2-9(15(11)19)8-24-7-6-10-13(24)5-4-12-14(10)16(20)23-17(21)22-12/h1-7H,8H2,(H4,20,21,22,23). The smallest absolute Gasteiger partial charge is 0.222 e. The van der Waals surface area contributed by atoms with Gasteiger partial charge in [0.05, 0.1) is 20.9 Å². The summed E-state index contributed by atoms with van der Waals surface area (Å²) < 4.78 is 2.09. The van der Waals surface area contributed by atoms with Crippen molar-refractivity contribution in [1.82, 2.24) is 14.5 Å².